The van der Waals surface area contributed by atoms with E-state index in [2.05, 4.69) is 18.9 Å². The van der Waals surface area contributed by atoms with Gasteiger partial charge < -0.3 is 5.11 Å². The van der Waals surface area contributed by atoms with Crippen LogP contribution in [0.3, 0.4) is 0 Å². The van der Waals surface area contributed by atoms with Crippen LogP contribution in [0.1, 0.15) is 57.3 Å². The van der Waals surface area contributed by atoms with Crippen molar-refractivity contribution in [3.8, 4) is 0 Å². The van der Waals surface area contributed by atoms with Crippen LogP contribution < -0.4 is 0 Å². The molecule has 114 valence electrons. The maximum atomic E-state index is 11.0. The zero-order chi connectivity index (χ0) is 15.3. The monoisotopic (exact) mass is 286 g/mol. The predicted molar refractivity (Wildman–Crippen MR) is 86.2 cm³/mol. The van der Waals surface area contributed by atoms with Crippen LogP contribution in [0.5, 0.6) is 0 Å². The lowest BCUT2D eigenvalue weighted by Crippen LogP contribution is -2.28. The first-order chi connectivity index (χ1) is 10.1. The van der Waals surface area contributed by atoms with Gasteiger partial charge in [-0.05, 0) is 30.9 Å². The molecular weight excluding hydrogens is 260 g/mol. The van der Waals surface area contributed by atoms with E-state index >= 15 is 0 Å². The molecule has 1 aromatic heterocycles. The molecule has 3 nitrogen and oxygen atoms in total. The van der Waals surface area contributed by atoms with Gasteiger partial charge in [0, 0.05) is 12.6 Å². The van der Waals surface area contributed by atoms with Crippen molar-refractivity contribution in [2.24, 2.45) is 0 Å². The van der Waals surface area contributed by atoms with Gasteiger partial charge in [0.15, 0.2) is 0 Å². The van der Waals surface area contributed by atoms with Gasteiger partial charge in [0.25, 0.3) is 0 Å². The van der Waals surface area contributed by atoms with E-state index in [1.165, 1.54) is 0 Å². The molecule has 0 aliphatic carbocycles. The molecule has 2 rings (SSSR count). The van der Waals surface area contributed by atoms with Crippen LogP contribution in [0.25, 0.3) is 0 Å². The number of nitrogens with zero attached hydrogens (tertiary/aromatic N) is 2. The van der Waals surface area contributed by atoms with Gasteiger partial charge in [0.05, 0.1) is 17.3 Å². The fourth-order valence-electron chi connectivity index (χ4n) is 2.82. The summed E-state index contributed by atoms with van der Waals surface area (Å²) in [5.74, 6) is 0. The highest BCUT2D eigenvalue weighted by atomic mass is 16.3. The van der Waals surface area contributed by atoms with E-state index in [-0.39, 0.29) is 0 Å². The lowest BCUT2D eigenvalue weighted by molar-refractivity contribution is 0.0315. The van der Waals surface area contributed by atoms with Gasteiger partial charge in [-0.1, -0.05) is 51.1 Å². The number of rotatable bonds is 7. The topological polar surface area (TPSA) is 38.0 Å². The SMILES string of the molecule is CCC(CC)n1ccc(CC(O)(CC)c2ccccc2)n1. The number of hydrogen-bond acceptors (Lipinski definition) is 2. The minimum Gasteiger partial charge on any atom is -0.385 e. The summed E-state index contributed by atoms with van der Waals surface area (Å²) in [5, 5.41) is 15.6. The average Bonchev–Trinajstić information content (AvgIpc) is 2.97. The molecule has 2 aromatic rings. The summed E-state index contributed by atoms with van der Waals surface area (Å²) in [7, 11) is 0. The first-order valence-electron chi connectivity index (χ1n) is 7.94. The molecule has 1 aromatic carbocycles. The minimum absolute atomic E-state index is 0.449. The van der Waals surface area contributed by atoms with E-state index in [4.69, 9.17) is 0 Å². The van der Waals surface area contributed by atoms with Gasteiger partial charge >= 0.3 is 0 Å². The Morgan fingerprint density at radius 2 is 1.76 bits per heavy atom. The molecule has 0 radical (unpaired) electrons. The third kappa shape index (κ3) is 3.53. The Morgan fingerprint density at radius 3 is 2.33 bits per heavy atom. The maximum Gasteiger partial charge on any atom is 0.0949 e. The molecule has 21 heavy (non-hydrogen) atoms. The molecule has 0 amide bonds. The molecule has 1 N–H and O–H groups in total. The van der Waals surface area contributed by atoms with E-state index in [0.29, 0.717) is 18.9 Å². The molecule has 0 bridgehead atoms. The molecule has 0 spiro atoms. The fourth-order valence-corrected chi connectivity index (χ4v) is 2.82. The number of aliphatic hydroxyl groups is 1. The summed E-state index contributed by atoms with van der Waals surface area (Å²) in [6.45, 7) is 6.38. The Bertz CT molecular complexity index is 545. The normalized spacial score (nSPS) is 14.3. The van der Waals surface area contributed by atoms with Crippen molar-refractivity contribution in [2.45, 2.75) is 58.1 Å². The summed E-state index contributed by atoms with van der Waals surface area (Å²) >= 11 is 0. The molecule has 0 fully saturated rings. The zero-order valence-corrected chi connectivity index (χ0v) is 13.3. The number of benzene rings is 1. The summed E-state index contributed by atoms with van der Waals surface area (Å²) in [6.07, 6.45) is 5.42. The first kappa shape index (κ1) is 15.8. The Hall–Kier alpha value is -1.61. The lowest BCUT2D eigenvalue weighted by atomic mass is 9.87. The fraction of sp³-hybridized carbons (Fsp3) is 0.500. The van der Waals surface area contributed by atoms with Crippen LogP contribution in [0.4, 0.5) is 0 Å². The van der Waals surface area contributed by atoms with Crippen LogP contribution >= 0.6 is 0 Å². The van der Waals surface area contributed by atoms with Crippen LogP contribution in [-0.4, -0.2) is 14.9 Å². The highest BCUT2D eigenvalue weighted by Crippen LogP contribution is 2.29. The molecule has 1 unspecified atom stereocenters. The first-order valence-corrected chi connectivity index (χ1v) is 7.94. The summed E-state index contributed by atoms with van der Waals surface area (Å²) in [4.78, 5) is 0. The molecule has 0 aliphatic heterocycles. The summed E-state index contributed by atoms with van der Waals surface area (Å²) < 4.78 is 2.04. The second-order valence-corrected chi connectivity index (χ2v) is 5.69. The second-order valence-electron chi connectivity index (χ2n) is 5.69. The maximum absolute atomic E-state index is 11.0. The highest BCUT2D eigenvalue weighted by molar-refractivity contribution is 5.24. The van der Waals surface area contributed by atoms with Gasteiger partial charge in [-0.15, -0.1) is 0 Å². The Morgan fingerprint density at radius 1 is 1.10 bits per heavy atom. The quantitative estimate of drug-likeness (QED) is 0.832. The van der Waals surface area contributed by atoms with Crippen LogP contribution in [0, 0.1) is 0 Å². The summed E-state index contributed by atoms with van der Waals surface area (Å²) in [5.41, 5.74) is 1.08. The van der Waals surface area contributed by atoms with Gasteiger partial charge in [0.2, 0.25) is 0 Å². The Labute approximate surface area is 127 Å². The van der Waals surface area contributed by atoms with Crippen LogP contribution in [0.2, 0.25) is 0 Å². The molecule has 3 heteroatoms. The van der Waals surface area contributed by atoms with Crippen LogP contribution in [0.15, 0.2) is 42.6 Å². The van der Waals surface area contributed by atoms with Crippen molar-refractivity contribution < 1.29 is 5.11 Å². The van der Waals surface area contributed by atoms with E-state index in [1.807, 2.05) is 54.2 Å². The van der Waals surface area contributed by atoms with Gasteiger partial charge in [-0.3, -0.25) is 4.68 Å². The van der Waals surface area contributed by atoms with Crippen molar-refractivity contribution in [1.82, 2.24) is 9.78 Å². The molecule has 1 atom stereocenters. The van der Waals surface area contributed by atoms with Crippen LogP contribution in [-0.2, 0) is 12.0 Å². The highest BCUT2D eigenvalue weighted by Gasteiger charge is 2.28. The van der Waals surface area contributed by atoms with Crippen molar-refractivity contribution in [3.63, 3.8) is 0 Å². The van der Waals surface area contributed by atoms with E-state index in [9.17, 15) is 5.11 Å². The largest absolute Gasteiger partial charge is 0.385 e. The van der Waals surface area contributed by atoms with E-state index < -0.39 is 5.60 Å². The lowest BCUT2D eigenvalue weighted by Gasteiger charge is -2.26. The molecular formula is C18H26N2O. The van der Waals surface area contributed by atoms with Gasteiger partial charge in [-0.25, -0.2) is 0 Å². The minimum atomic E-state index is -0.839. The van der Waals surface area contributed by atoms with Crippen molar-refractivity contribution in [1.29, 1.82) is 0 Å². The molecule has 0 aliphatic rings. The molecule has 0 saturated carbocycles. The average molecular weight is 286 g/mol. The molecule has 1 heterocycles. The van der Waals surface area contributed by atoms with Crippen molar-refractivity contribution in [3.05, 3.63) is 53.9 Å². The third-order valence-electron chi connectivity index (χ3n) is 4.35. The number of aromatic nitrogens is 2. The van der Waals surface area contributed by atoms with Crippen molar-refractivity contribution >= 4 is 0 Å². The molecule has 0 saturated heterocycles. The Kier molecular flexibility index (Phi) is 5.18. The van der Waals surface area contributed by atoms with Gasteiger partial charge in [0.1, 0.15) is 0 Å². The van der Waals surface area contributed by atoms with E-state index in [0.717, 1.165) is 24.1 Å². The number of hydrogen-bond donors (Lipinski definition) is 1. The third-order valence-corrected chi connectivity index (χ3v) is 4.35. The van der Waals surface area contributed by atoms with Gasteiger partial charge in [-0.2, -0.15) is 5.10 Å². The predicted octanol–water partition coefficient (Wildman–Crippen LogP) is 4.08. The zero-order valence-electron chi connectivity index (χ0n) is 13.3. The summed E-state index contributed by atoms with van der Waals surface area (Å²) in [6, 6.07) is 12.4. The smallest absolute Gasteiger partial charge is 0.0949 e. The van der Waals surface area contributed by atoms with E-state index in [1.54, 1.807) is 0 Å². The second kappa shape index (κ2) is 6.90. The standard InChI is InChI=1S/C18H26N2O/c1-4-17(5-2)20-13-12-16(19-20)14-18(21,6-3)15-10-8-7-9-11-15/h7-13,17,21H,4-6,14H2,1-3H3. The van der Waals surface area contributed by atoms with Crippen molar-refractivity contribution in [2.75, 3.05) is 0 Å². The Balaban J connectivity index is 2.19.